The lowest BCUT2D eigenvalue weighted by molar-refractivity contribution is 0.0600. The van der Waals surface area contributed by atoms with Crippen LogP contribution in [0.5, 0.6) is 0 Å². The Kier molecular flexibility index (Phi) is 3.26. The zero-order valence-electron chi connectivity index (χ0n) is 12.9. The summed E-state index contributed by atoms with van der Waals surface area (Å²) in [5.74, 6) is 0.497. The SMILES string of the molecule is COC(=O)c1ccc2c(c1)N(c1nc3ccccc3[nH]1)CCC2. The summed E-state index contributed by atoms with van der Waals surface area (Å²) in [6, 6.07) is 13.7. The molecule has 0 unspecified atom stereocenters. The first-order valence-electron chi connectivity index (χ1n) is 7.70. The van der Waals surface area contributed by atoms with Gasteiger partial charge >= 0.3 is 5.97 Å². The number of H-pyrrole nitrogens is 1. The maximum absolute atomic E-state index is 11.8. The number of aromatic nitrogens is 2. The standard InChI is InChI=1S/C18H17N3O2/c1-23-17(22)13-9-8-12-5-4-10-21(16(12)11-13)18-19-14-6-2-3-7-15(14)20-18/h2-3,6-9,11H,4-5,10H2,1H3,(H,19,20). The van der Waals surface area contributed by atoms with Gasteiger partial charge in [0.1, 0.15) is 0 Å². The van der Waals surface area contributed by atoms with Crippen molar-refractivity contribution in [2.45, 2.75) is 12.8 Å². The number of fused-ring (bicyclic) bond motifs is 2. The summed E-state index contributed by atoms with van der Waals surface area (Å²) in [5.41, 5.74) is 4.77. The fraction of sp³-hybridized carbons (Fsp3) is 0.222. The number of anilines is 2. The number of carbonyl (C=O) groups is 1. The van der Waals surface area contributed by atoms with Gasteiger partial charge in [0.15, 0.2) is 0 Å². The smallest absolute Gasteiger partial charge is 0.337 e. The van der Waals surface area contributed by atoms with Gasteiger partial charge in [-0.25, -0.2) is 9.78 Å². The molecular weight excluding hydrogens is 290 g/mol. The summed E-state index contributed by atoms with van der Waals surface area (Å²) >= 11 is 0. The number of aryl methyl sites for hydroxylation is 1. The van der Waals surface area contributed by atoms with Crippen LogP contribution in [0.15, 0.2) is 42.5 Å². The number of aromatic amines is 1. The van der Waals surface area contributed by atoms with Crippen molar-refractivity contribution in [2.24, 2.45) is 0 Å². The van der Waals surface area contributed by atoms with Crippen LogP contribution in [0.4, 0.5) is 11.6 Å². The van der Waals surface area contributed by atoms with Crippen LogP contribution >= 0.6 is 0 Å². The van der Waals surface area contributed by atoms with Crippen LogP contribution in [0, 0.1) is 0 Å². The van der Waals surface area contributed by atoms with Gasteiger partial charge in [0.05, 0.1) is 23.7 Å². The van der Waals surface area contributed by atoms with E-state index in [-0.39, 0.29) is 5.97 Å². The predicted molar refractivity (Wildman–Crippen MR) is 89.2 cm³/mol. The van der Waals surface area contributed by atoms with E-state index in [1.54, 1.807) is 0 Å². The number of rotatable bonds is 2. The van der Waals surface area contributed by atoms with Crippen LogP contribution in [0.2, 0.25) is 0 Å². The molecule has 0 bridgehead atoms. The Balaban J connectivity index is 1.81. The van der Waals surface area contributed by atoms with E-state index in [1.165, 1.54) is 12.7 Å². The number of hydrogen-bond donors (Lipinski definition) is 1. The minimum Gasteiger partial charge on any atom is -0.465 e. The molecule has 116 valence electrons. The molecule has 0 saturated carbocycles. The molecule has 0 atom stereocenters. The highest BCUT2D eigenvalue weighted by atomic mass is 16.5. The van der Waals surface area contributed by atoms with Crippen molar-refractivity contribution in [2.75, 3.05) is 18.6 Å². The van der Waals surface area contributed by atoms with Gasteiger partial charge in [-0.2, -0.15) is 0 Å². The van der Waals surface area contributed by atoms with Crippen molar-refractivity contribution < 1.29 is 9.53 Å². The molecule has 2 heterocycles. The summed E-state index contributed by atoms with van der Waals surface area (Å²) in [5, 5.41) is 0. The minimum absolute atomic E-state index is 0.317. The van der Waals surface area contributed by atoms with Gasteiger partial charge < -0.3 is 14.6 Å². The molecule has 2 aromatic carbocycles. The number of benzene rings is 2. The maximum atomic E-state index is 11.8. The molecule has 0 radical (unpaired) electrons. The molecule has 1 aliphatic rings. The number of esters is 1. The lowest BCUT2D eigenvalue weighted by atomic mass is 10.00. The fourth-order valence-electron chi connectivity index (χ4n) is 3.11. The Morgan fingerprint density at radius 3 is 2.96 bits per heavy atom. The van der Waals surface area contributed by atoms with Gasteiger partial charge in [-0.1, -0.05) is 18.2 Å². The third-order valence-electron chi connectivity index (χ3n) is 4.26. The topological polar surface area (TPSA) is 58.2 Å². The second-order valence-corrected chi connectivity index (χ2v) is 5.67. The largest absolute Gasteiger partial charge is 0.465 e. The maximum Gasteiger partial charge on any atom is 0.337 e. The Hall–Kier alpha value is -2.82. The molecule has 23 heavy (non-hydrogen) atoms. The molecule has 0 spiro atoms. The first-order chi connectivity index (χ1) is 11.3. The second kappa shape index (κ2) is 5.43. The lowest BCUT2D eigenvalue weighted by Crippen LogP contribution is -2.25. The van der Waals surface area contributed by atoms with E-state index in [0.717, 1.165) is 42.1 Å². The number of methoxy groups -OCH3 is 1. The van der Waals surface area contributed by atoms with E-state index in [4.69, 9.17) is 4.74 Å². The van der Waals surface area contributed by atoms with E-state index in [0.29, 0.717) is 5.56 Å². The molecule has 0 saturated heterocycles. The molecule has 4 rings (SSSR count). The van der Waals surface area contributed by atoms with Crippen molar-refractivity contribution in [1.29, 1.82) is 0 Å². The Bertz CT molecular complexity index is 852. The third-order valence-corrected chi connectivity index (χ3v) is 4.26. The van der Waals surface area contributed by atoms with Crippen molar-refractivity contribution in [3.05, 3.63) is 53.6 Å². The number of hydrogen-bond acceptors (Lipinski definition) is 4. The number of para-hydroxylation sites is 2. The molecule has 1 aliphatic heterocycles. The highest BCUT2D eigenvalue weighted by molar-refractivity contribution is 5.91. The molecule has 1 N–H and O–H groups in total. The van der Waals surface area contributed by atoms with Crippen LogP contribution in [0.3, 0.4) is 0 Å². The van der Waals surface area contributed by atoms with Gasteiger partial charge in [-0.05, 0) is 42.7 Å². The van der Waals surface area contributed by atoms with Crippen molar-refractivity contribution in [3.63, 3.8) is 0 Å². The Labute approximate surface area is 133 Å². The molecule has 5 nitrogen and oxygen atoms in total. The summed E-state index contributed by atoms with van der Waals surface area (Å²) in [6.45, 7) is 0.872. The quantitative estimate of drug-likeness (QED) is 0.737. The zero-order chi connectivity index (χ0) is 15.8. The van der Waals surface area contributed by atoms with Crippen molar-refractivity contribution >= 4 is 28.6 Å². The van der Waals surface area contributed by atoms with Crippen LogP contribution in [0.1, 0.15) is 22.3 Å². The van der Waals surface area contributed by atoms with Gasteiger partial charge in [-0.15, -0.1) is 0 Å². The summed E-state index contributed by atoms with van der Waals surface area (Å²) in [7, 11) is 1.40. The highest BCUT2D eigenvalue weighted by Crippen LogP contribution is 2.33. The van der Waals surface area contributed by atoms with Crippen molar-refractivity contribution in [3.8, 4) is 0 Å². The Morgan fingerprint density at radius 2 is 2.13 bits per heavy atom. The van der Waals surface area contributed by atoms with Gasteiger partial charge in [0.25, 0.3) is 0 Å². The van der Waals surface area contributed by atoms with Crippen LogP contribution in [-0.4, -0.2) is 29.6 Å². The minimum atomic E-state index is -0.317. The first-order valence-corrected chi connectivity index (χ1v) is 7.70. The monoisotopic (exact) mass is 307 g/mol. The summed E-state index contributed by atoms with van der Waals surface area (Å²) in [4.78, 5) is 22.0. The molecule has 5 heteroatoms. The average Bonchev–Trinajstić information content (AvgIpc) is 3.04. The molecule has 3 aromatic rings. The van der Waals surface area contributed by atoms with Gasteiger partial charge in [0, 0.05) is 12.2 Å². The zero-order valence-corrected chi connectivity index (χ0v) is 12.9. The first kappa shape index (κ1) is 13.8. The number of carbonyl (C=O) groups excluding carboxylic acids is 1. The summed E-state index contributed by atoms with van der Waals surface area (Å²) < 4.78 is 4.84. The number of nitrogens with zero attached hydrogens (tertiary/aromatic N) is 2. The fourth-order valence-corrected chi connectivity index (χ4v) is 3.11. The molecule has 0 aliphatic carbocycles. The highest BCUT2D eigenvalue weighted by Gasteiger charge is 2.22. The molecule has 0 amide bonds. The van der Waals surface area contributed by atoms with Gasteiger partial charge in [0.2, 0.25) is 5.95 Å². The predicted octanol–water partition coefficient (Wildman–Crippen LogP) is 3.43. The van der Waals surface area contributed by atoms with Crippen LogP contribution in [0.25, 0.3) is 11.0 Å². The molecule has 1 aromatic heterocycles. The normalized spacial score (nSPS) is 13.9. The van der Waals surface area contributed by atoms with E-state index in [2.05, 4.69) is 14.9 Å². The number of imidazole rings is 1. The van der Waals surface area contributed by atoms with Crippen LogP contribution in [-0.2, 0) is 11.2 Å². The number of nitrogens with one attached hydrogen (secondary N) is 1. The third kappa shape index (κ3) is 2.34. The average molecular weight is 307 g/mol. The summed E-state index contributed by atoms with van der Waals surface area (Å²) in [6.07, 6.45) is 2.06. The Morgan fingerprint density at radius 1 is 1.26 bits per heavy atom. The van der Waals surface area contributed by atoms with E-state index >= 15 is 0 Å². The lowest BCUT2D eigenvalue weighted by Gasteiger charge is -2.29. The second-order valence-electron chi connectivity index (χ2n) is 5.67. The van der Waals surface area contributed by atoms with Gasteiger partial charge in [-0.3, -0.25) is 0 Å². The number of ether oxygens (including phenoxy) is 1. The van der Waals surface area contributed by atoms with E-state index in [9.17, 15) is 4.79 Å². The van der Waals surface area contributed by atoms with E-state index < -0.39 is 0 Å². The molecule has 0 fully saturated rings. The van der Waals surface area contributed by atoms with Crippen LogP contribution < -0.4 is 4.90 Å². The van der Waals surface area contributed by atoms with E-state index in [1.807, 2.05) is 42.5 Å². The van der Waals surface area contributed by atoms with Crippen molar-refractivity contribution in [1.82, 2.24) is 9.97 Å². The molecular formula is C18H17N3O2.